The van der Waals surface area contributed by atoms with E-state index in [1.54, 1.807) is 16.9 Å². The maximum Gasteiger partial charge on any atom is 0.156 e. The molecule has 0 N–H and O–H groups in total. The van der Waals surface area contributed by atoms with Crippen LogP contribution in [0.2, 0.25) is 5.02 Å². The molecule has 2 aromatic rings. The molecule has 0 saturated carbocycles. The minimum absolute atomic E-state index is 0.577. The van der Waals surface area contributed by atoms with E-state index in [4.69, 9.17) is 11.6 Å². The van der Waals surface area contributed by atoms with Gasteiger partial charge in [0.15, 0.2) is 5.65 Å². The molecule has 0 unspecified atom stereocenters. The van der Waals surface area contributed by atoms with Gasteiger partial charge in [0.05, 0.1) is 11.2 Å². The molecule has 5 heteroatoms. The largest absolute Gasteiger partial charge is 0.235 e. The van der Waals surface area contributed by atoms with Gasteiger partial charge in [-0.1, -0.05) is 11.6 Å². The molecule has 0 aromatic carbocycles. The molecule has 0 amide bonds. The molecule has 2 aromatic heterocycles. The molecule has 0 radical (unpaired) electrons. The number of aromatic nitrogens is 3. The van der Waals surface area contributed by atoms with Crippen molar-refractivity contribution in [1.82, 2.24) is 14.6 Å². The Kier molecular flexibility index (Phi) is 1.58. The Morgan fingerprint density at radius 2 is 2.36 bits per heavy atom. The molecule has 0 saturated heterocycles. The van der Waals surface area contributed by atoms with E-state index in [0.717, 1.165) is 10.3 Å². The summed E-state index contributed by atoms with van der Waals surface area (Å²) in [6.45, 7) is 0. The van der Waals surface area contributed by atoms with Crippen LogP contribution in [0.4, 0.5) is 0 Å². The highest BCUT2D eigenvalue weighted by atomic mass is 79.9. The topological polar surface area (TPSA) is 30.2 Å². The van der Waals surface area contributed by atoms with E-state index < -0.39 is 0 Å². The van der Waals surface area contributed by atoms with Crippen LogP contribution in [0.1, 0.15) is 0 Å². The molecule has 0 spiro atoms. The number of halogens is 2. The van der Waals surface area contributed by atoms with Gasteiger partial charge in [0.1, 0.15) is 4.60 Å². The first-order chi connectivity index (χ1) is 5.25. The Morgan fingerprint density at radius 3 is 3.18 bits per heavy atom. The van der Waals surface area contributed by atoms with E-state index in [1.807, 2.05) is 6.07 Å². The van der Waals surface area contributed by atoms with Gasteiger partial charge in [-0.15, -0.1) is 0 Å². The fourth-order valence-corrected chi connectivity index (χ4v) is 1.34. The van der Waals surface area contributed by atoms with Crippen LogP contribution in [0.5, 0.6) is 0 Å². The minimum atomic E-state index is 0.577. The zero-order valence-electron chi connectivity index (χ0n) is 5.33. The van der Waals surface area contributed by atoms with Crippen LogP contribution in [-0.2, 0) is 0 Å². The maximum atomic E-state index is 5.69. The Hall–Kier alpha value is -0.610. The second-order valence-corrected chi connectivity index (χ2v) is 3.29. The second-order valence-electron chi connectivity index (χ2n) is 2.04. The van der Waals surface area contributed by atoms with Crippen molar-refractivity contribution in [3.05, 3.63) is 28.1 Å². The molecule has 0 fully saturated rings. The van der Waals surface area contributed by atoms with E-state index >= 15 is 0 Å². The van der Waals surface area contributed by atoms with E-state index in [-0.39, 0.29) is 0 Å². The highest BCUT2D eigenvalue weighted by Gasteiger charge is 1.98. The Bertz CT molecular complexity index is 398. The third-order valence-electron chi connectivity index (χ3n) is 1.25. The Labute approximate surface area is 76.1 Å². The first kappa shape index (κ1) is 7.06. The number of hydrogen-bond acceptors (Lipinski definition) is 2. The predicted octanol–water partition coefficient (Wildman–Crippen LogP) is 2.15. The quantitative estimate of drug-likeness (QED) is 0.697. The van der Waals surface area contributed by atoms with Gasteiger partial charge >= 0.3 is 0 Å². The van der Waals surface area contributed by atoms with Crippen molar-refractivity contribution in [2.24, 2.45) is 0 Å². The second kappa shape index (κ2) is 2.46. The normalized spacial score (nSPS) is 10.7. The summed E-state index contributed by atoms with van der Waals surface area (Å²) in [7, 11) is 0. The van der Waals surface area contributed by atoms with Crippen molar-refractivity contribution in [1.29, 1.82) is 0 Å². The fraction of sp³-hybridized carbons (Fsp3) is 0. The molecule has 0 bridgehead atoms. The standard InChI is InChI=1S/C6H3BrClN3/c7-5-1-6-9-2-4(8)3-11(6)10-5/h1-3H. The average Bonchev–Trinajstić information content (AvgIpc) is 2.27. The molecular formula is C6H3BrClN3. The van der Waals surface area contributed by atoms with Gasteiger partial charge in [-0.25, -0.2) is 9.50 Å². The monoisotopic (exact) mass is 231 g/mol. The summed E-state index contributed by atoms with van der Waals surface area (Å²) in [6.07, 6.45) is 3.29. The highest BCUT2D eigenvalue weighted by Crippen LogP contribution is 2.12. The fourth-order valence-electron chi connectivity index (χ4n) is 0.825. The lowest BCUT2D eigenvalue weighted by Crippen LogP contribution is -1.87. The van der Waals surface area contributed by atoms with Crippen LogP contribution in [-0.4, -0.2) is 14.6 Å². The van der Waals surface area contributed by atoms with Gasteiger partial charge in [-0.2, -0.15) is 5.10 Å². The smallest absolute Gasteiger partial charge is 0.156 e. The lowest BCUT2D eigenvalue weighted by atomic mass is 10.6. The van der Waals surface area contributed by atoms with E-state index in [9.17, 15) is 0 Å². The van der Waals surface area contributed by atoms with Crippen molar-refractivity contribution in [3.8, 4) is 0 Å². The van der Waals surface area contributed by atoms with E-state index in [0.29, 0.717) is 5.02 Å². The molecule has 0 aliphatic carbocycles. The van der Waals surface area contributed by atoms with Crippen molar-refractivity contribution in [3.63, 3.8) is 0 Å². The van der Waals surface area contributed by atoms with Gasteiger partial charge in [-0.05, 0) is 15.9 Å². The third kappa shape index (κ3) is 1.23. The summed E-state index contributed by atoms with van der Waals surface area (Å²) in [5, 5.41) is 4.64. The van der Waals surface area contributed by atoms with Crippen molar-refractivity contribution >= 4 is 33.2 Å². The maximum absolute atomic E-state index is 5.69. The van der Waals surface area contributed by atoms with Gasteiger partial charge in [-0.3, -0.25) is 0 Å². The molecule has 3 nitrogen and oxygen atoms in total. The number of fused-ring (bicyclic) bond motifs is 1. The molecule has 2 rings (SSSR count). The molecule has 0 aliphatic heterocycles. The average molecular weight is 232 g/mol. The zero-order chi connectivity index (χ0) is 7.84. The number of nitrogens with zero attached hydrogens (tertiary/aromatic N) is 3. The summed E-state index contributed by atoms with van der Waals surface area (Å²) in [4.78, 5) is 4.04. The van der Waals surface area contributed by atoms with Crippen LogP contribution in [0.15, 0.2) is 23.1 Å². The van der Waals surface area contributed by atoms with Gasteiger partial charge in [0.2, 0.25) is 0 Å². The lowest BCUT2D eigenvalue weighted by molar-refractivity contribution is 0.927. The molecule has 2 heterocycles. The summed E-state index contributed by atoms with van der Waals surface area (Å²) < 4.78 is 2.37. The van der Waals surface area contributed by atoms with Crippen molar-refractivity contribution in [2.75, 3.05) is 0 Å². The zero-order valence-corrected chi connectivity index (χ0v) is 7.67. The third-order valence-corrected chi connectivity index (χ3v) is 1.83. The predicted molar refractivity (Wildman–Crippen MR) is 45.7 cm³/mol. The summed E-state index contributed by atoms with van der Waals surface area (Å²) in [6, 6.07) is 1.82. The molecule has 56 valence electrons. The lowest BCUT2D eigenvalue weighted by Gasteiger charge is -1.90. The van der Waals surface area contributed by atoms with Crippen LogP contribution >= 0.6 is 27.5 Å². The highest BCUT2D eigenvalue weighted by molar-refractivity contribution is 9.10. The molecule has 0 atom stereocenters. The SMILES string of the molecule is Clc1cnc2cc(Br)nn2c1. The van der Waals surface area contributed by atoms with Gasteiger partial charge in [0, 0.05) is 12.3 Å². The van der Waals surface area contributed by atoms with Gasteiger partial charge < -0.3 is 0 Å². The Balaban J connectivity index is 2.82. The van der Waals surface area contributed by atoms with Gasteiger partial charge in [0.25, 0.3) is 0 Å². The summed E-state index contributed by atoms with van der Waals surface area (Å²) in [5.41, 5.74) is 0.779. The Morgan fingerprint density at radius 1 is 1.55 bits per heavy atom. The van der Waals surface area contributed by atoms with Crippen molar-refractivity contribution < 1.29 is 0 Å². The van der Waals surface area contributed by atoms with E-state index in [1.165, 1.54) is 0 Å². The van der Waals surface area contributed by atoms with Crippen LogP contribution in [0.25, 0.3) is 5.65 Å². The molecule has 11 heavy (non-hydrogen) atoms. The summed E-state index contributed by atoms with van der Waals surface area (Å²) in [5.74, 6) is 0. The molecule has 0 aliphatic rings. The number of rotatable bonds is 0. The minimum Gasteiger partial charge on any atom is -0.235 e. The first-order valence-electron chi connectivity index (χ1n) is 2.92. The van der Waals surface area contributed by atoms with Crippen LogP contribution < -0.4 is 0 Å². The van der Waals surface area contributed by atoms with Crippen LogP contribution in [0.3, 0.4) is 0 Å². The van der Waals surface area contributed by atoms with Crippen LogP contribution in [0, 0.1) is 0 Å². The van der Waals surface area contributed by atoms with E-state index in [2.05, 4.69) is 26.0 Å². The first-order valence-corrected chi connectivity index (χ1v) is 4.09. The molecular weight excluding hydrogens is 229 g/mol. The summed E-state index contributed by atoms with van der Waals surface area (Å²) >= 11 is 8.92. The number of hydrogen-bond donors (Lipinski definition) is 0. The van der Waals surface area contributed by atoms with Crippen molar-refractivity contribution in [2.45, 2.75) is 0 Å².